The molecule has 1 N–H and O–H groups in total. The molecule has 0 saturated heterocycles. The fraction of sp³-hybridized carbons (Fsp3) is 0.381. The van der Waals surface area contributed by atoms with Crippen molar-refractivity contribution in [1.29, 1.82) is 0 Å². The van der Waals surface area contributed by atoms with E-state index in [4.69, 9.17) is 9.47 Å². The van der Waals surface area contributed by atoms with E-state index in [0.29, 0.717) is 18.8 Å². The zero-order valence-electron chi connectivity index (χ0n) is 15.3. The average Bonchev–Trinajstić information content (AvgIpc) is 2.61. The van der Waals surface area contributed by atoms with Gasteiger partial charge in [-0.05, 0) is 30.2 Å². The number of ketones is 1. The number of benzene rings is 2. The van der Waals surface area contributed by atoms with Crippen molar-refractivity contribution in [3.8, 4) is 16.9 Å². The highest BCUT2D eigenvalue weighted by Gasteiger charge is 2.17. The number of hydrogen-bond donors (Lipinski definition) is 1. The molecule has 0 aromatic heterocycles. The first kappa shape index (κ1) is 19.2. The first-order chi connectivity index (χ1) is 11.9. The molecule has 0 aliphatic heterocycles. The summed E-state index contributed by atoms with van der Waals surface area (Å²) < 4.78 is 11.2. The largest absolute Gasteiger partial charge is 0.496 e. The van der Waals surface area contributed by atoms with Crippen LogP contribution in [0.3, 0.4) is 0 Å². The van der Waals surface area contributed by atoms with Gasteiger partial charge in [-0.15, -0.1) is 0 Å². The van der Waals surface area contributed by atoms with Crippen molar-refractivity contribution in [3.05, 3.63) is 53.6 Å². The molecule has 0 fully saturated rings. The Morgan fingerprint density at radius 2 is 1.72 bits per heavy atom. The highest BCUT2D eigenvalue weighted by molar-refractivity contribution is 5.94. The predicted octanol–water partition coefficient (Wildman–Crippen LogP) is 4.10. The molecule has 134 valence electrons. The molecule has 0 unspecified atom stereocenters. The summed E-state index contributed by atoms with van der Waals surface area (Å²) in [4.78, 5) is 11.4. The Labute approximate surface area is 149 Å². The second kappa shape index (κ2) is 8.28. The predicted molar refractivity (Wildman–Crippen MR) is 99.0 cm³/mol. The molecule has 0 bridgehead atoms. The Morgan fingerprint density at radius 1 is 1.08 bits per heavy atom. The number of methoxy groups -OCH3 is 1. The first-order valence-electron chi connectivity index (χ1n) is 8.33. The lowest BCUT2D eigenvalue weighted by Crippen LogP contribution is -2.23. The first-order valence-corrected chi connectivity index (χ1v) is 8.33. The van der Waals surface area contributed by atoms with Crippen molar-refractivity contribution < 1.29 is 19.4 Å². The van der Waals surface area contributed by atoms with Gasteiger partial charge in [0.25, 0.3) is 0 Å². The molecule has 25 heavy (non-hydrogen) atoms. The Morgan fingerprint density at radius 3 is 2.28 bits per heavy atom. The smallest absolute Gasteiger partial charge is 0.159 e. The van der Waals surface area contributed by atoms with Gasteiger partial charge in [-0.3, -0.25) is 4.79 Å². The van der Waals surface area contributed by atoms with Crippen LogP contribution in [0.15, 0.2) is 42.5 Å². The van der Waals surface area contributed by atoms with Crippen LogP contribution in [0, 0.1) is 5.41 Å². The van der Waals surface area contributed by atoms with E-state index in [1.54, 1.807) is 14.0 Å². The Bertz CT molecular complexity index is 717. The number of ether oxygens (including phenoxy) is 2. The summed E-state index contributed by atoms with van der Waals surface area (Å²) in [5, 5.41) is 9.32. The van der Waals surface area contributed by atoms with Gasteiger partial charge in [0.2, 0.25) is 0 Å². The monoisotopic (exact) mass is 342 g/mol. The van der Waals surface area contributed by atoms with Crippen LogP contribution < -0.4 is 4.74 Å². The maximum Gasteiger partial charge on any atom is 0.159 e. The SMILES string of the molecule is COc1ccc(-c2ccc(C(C)=O)cc2)cc1COCC(C)(C)CO. The van der Waals surface area contributed by atoms with Crippen LogP contribution >= 0.6 is 0 Å². The van der Waals surface area contributed by atoms with Crippen molar-refractivity contribution in [1.82, 2.24) is 0 Å². The molecule has 0 radical (unpaired) electrons. The third-order valence-electron chi connectivity index (χ3n) is 4.08. The maximum absolute atomic E-state index is 11.4. The van der Waals surface area contributed by atoms with Gasteiger partial charge < -0.3 is 14.6 Å². The normalized spacial score (nSPS) is 11.4. The number of carbonyl (C=O) groups is 1. The van der Waals surface area contributed by atoms with Gasteiger partial charge in [0.15, 0.2) is 5.78 Å². The lowest BCUT2D eigenvalue weighted by molar-refractivity contribution is 0.0191. The van der Waals surface area contributed by atoms with E-state index in [2.05, 4.69) is 0 Å². The summed E-state index contributed by atoms with van der Waals surface area (Å²) in [5.74, 6) is 0.827. The Kier molecular flexibility index (Phi) is 6.34. The van der Waals surface area contributed by atoms with E-state index < -0.39 is 0 Å². The summed E-state index contributed by atoms with van der Waals surface area (Å²) >= 11 is 0. The van der Waals surface area contributed by atoms with Crippen molar-refractivity contribution >= 4 is 5.78 Å². The minimum absolute atomic E-state index is 0.0573. The number of carbonyl (C=O) groups excluding carboxylic acids is 1. The number of rotatable bonds is 8. The van der Waals surface area contributed by atoms with E-state index in [1.807, 2.05) is 56.3 Å². The molecule has 0 aliphatic rings. The zero-order valence-corrected chi connectivity index (χ0v) is 15.3. The molecule has 2 aromatic rings. The van der Waals surface area contributed by atoms with Crippen LogP contribution in [-0.4, -0.2) is 31.2 Å². The lowest BCUT2D eigenvalue weighted by atomic mass is 9.96. The van der Waals surface area contributed by atoms with Crippen LogP contribution in [0.2, 0.25) is 0 Å². The van der Waals surface area contributed by atoms with Crippen LogP contribution in [0.25, 0.3) is 11.1 Å². The van der Waals surface area contributed by atoms with E-state index in [0.717, 1.165) is 22.4 Å². The number of hydrogen-bond acceptors (Lipinski definition) is 4. The Balaban J connectivity index is 2.19. The van der Waals surface area contributed by atoms with Gasteiger partial charge in [0, 0.05) is 16.5 Å². The number of Topliss-reactive ketones (excluding diaryl/α,β-unsaturated/α-hetero) is 1. The van der Waals surface area contributed by atoms with Crippen molar-refractivity contribution in [2.45, 2.75) is 27.4 Å². The summed E-state index contributed by atoms with van der Waals surface area (Å²) in [7, 11) is 1.64. The minimum Gasteiger partial charge on any atom is -0.496 e. The summed E-state index contributed by atoms with van der Waals surface area (Å²) in [6.45, 7) is 6.42. The molecular weight excluding hydrogens is 316 g/mol. The fourth-order valence-electron chi connectivity index (χ4n) is 2.45. The second-order valence-corrected chi connectivity index (χ2v) is 6.98. The van der Waals surface area contributed by atoms with Crippen LogP contribution in [0.1, 0.15) is 36.7 Å². The minimum atomic E-state index is -0.270. The summed E-state index contributed by atoms with van der Waals surface area (Å²) in [6.07, 6.45) is 0. The fourth-order valence-corrected chi connectivity index (χ4v) is 2.45. The second-order valence-electron chi connectivity index (χ2n) is 6.98. The molecule has 0 amide bonds. The highest BCUT2D eigenvalue weighted by atomic mass is 16.5. The van der Waals surface area contributed by atoms with Gasteiger partial charge in [-0.1, -0.05) is 44.2 Å². The lowest BCUT2D eigenvalue weighted by Gasteiger charge is -2.21. The standard InChI is InChI=1S/C21H26O4/c1-15(23)16-5-7-17(8-6-16)18-9-10-20(24-4)19(11-18)12-25-14-21(2,3)13-22/h5-11,22H,12-14H2,1-4H3. The molecule has 0 heterocycles. The van der Waals surface area contributed by atoms with Crippen LogP contribution in [0.5, 0.6) is 5.75 Å². The molecule has 2 rings (SSSR count). The van der Waals surface area contributed by atoms with Gasteiger partial charge in [-0.2, -0.15) is 0 Å². The molecule has 0 saturated carbocycles. The Hall–Kier alpha value is -2.17. The van der Waals surface area contributed by atoms with E-state index in [1.165, 1.54) is 0 Å². The van der Waals surface area contributed by atoms with E-state index in [-0.39, 0.29) is 17.8 Å². The maximum atomic E-state index is 11.4. The summed E-state index contributed by atoms with van der Waals surface area (Å²) in [6, 6.07) is 13.5. The zero-order chi connectivity index (χ0) is 18.4. The average molecular weight is 342 g/mol. The quantitative estimate of drug-likeness (QED) is 0.734. The third kappa shape index (κ3) is 5.15. The van der Waals surface area contributed by atoms with Crippen LogP contribution in [0.4, 0.5) is 0 Å². The molecule has 0 aliphatic carbocycles. The van der Waals surface area contributed by atoms with Gasteiger partial charge in [0.1, 0.15) is 5.75 Å². The third-order valence-corrected chi connectivity index (χ3v) is 4.08. The topological polar surface area (TPSA) is 55.8 Å². The molecular formula is C21H26O4. The summed E-state index contributed by atoms with van der Waals surface area (Å²) in [5.41, 5.74) is 3.45. The van der Waals surface area contributed by atoms with Gasteiger partial charge >= 0.3 is 0 Å². The van der Waals surface area contributed by atoms with E-state index >= 15 is 0 Å². The van der Waals surface area contributed by atoms with Crippen LogP contribution in [-0.2, 0) is 11.3 Å². The van der Waals surface area contributed by atoms with Crippen molar-refractivity contribution in [2.75, 3.05) is 20.3 Å². The van der Waals surface area contributed by atoms with Gasteiger partial charge in [0.05, 0.1) is 26.9 Å². The number of aliphatic hydroxyl groups excluding tert-OH is 1. The molecule has 4 nitrogen and oxygen atoms in total. The van der Waals surface area contributed by atoms with Crippen molar-refractivity contribution in [2.24, 2.45) is 5.41 Å². The molecule has 2 aromatic carbocycles. The highest BCUT2D eigenvalue weighted by Crippen LogP contribution is 2.28. The number of aliphatic hydroxyl groups is 1. The van der Waals surface area contributed by atoms with Crippen molar-refractivity contribution in [3.63, 3.8) is 0 Å². The van der Waals surface area contributed by atoms with E-state index in [9.17, 15) is 9.90 Å². The molecule has 0 spiro atoms. The van der Waals surface area contributed by atoms with Gasteiger partial charge in [-0.25, -0.2) is 0 Å². The molecule has 4 heteroatoms. The molecule has 0 atom stereocenters.